The van der Waals surface area contributed by atoms with Crippen LogP contribution in [0.15, 0.2) is 42.7 Å². The molecule has 1 atom stereocenters. The first kappa shape index (κ1) is 15.3. The number of nitrogens with zero attached hydrogens (tertiary/aromatic N) is 1. The van der Waals surface area contributed by atoms with Gasteiger partial charge in [-0.2, -0.15) is 0 Å². The van der Waals surface area contributed by atoms with Crippen LogP contribution in [0.4, 0.5) is 0 Å². The first-order valence-electron chi connectivity index (χ1n) is 6.73. The number of rotatable bonds is 7. The predicted octanol–water partition coefficient (Wildman–Crippen LogP) is 1.92. The quantitative estimate of drug-likeness (QED) is 0.815. The van der Waals surface area contributed by atoms with Crippen LogP contribution in [-0.4, -0.2) is 30.9 Å². The summed E-state index contributed by atoms with van der Waals surface area (Å²) in [5, 5.41) is 13.5. The minimum absolute atomic E-state index is 0.443. The summed E-state index contributed by atoms with van der Waals surface area (Å²) in [6.07, 6.45) is 2.87. The molecule has 0 radical (unpaired) electrons. The molecule has 0 aliphatic rings. The number of aliphatic hydroxyl groups is 1. The van der Waals surface area contributed by atoms with Crippen LogP contribution in [0, 0.1) is 0 Å². The Morgan fingerprint density at radius 3 is 2.29 bits per heavy atom. The summed E-state index contributed by atoms with van der Waals surface area (Å²) in [7, 11) is 3.18. The third-order valence-corrected chi connectivity index (χ3v) is 3.17. The highest BCUT2D eigenvalue weighted by Crippen LogP contribution is 2.26. The molecule has 2 N–H and O–H groups in total. The van der Waals surface area contributed by atoms with Crippen molar-refractivity contribution in [1.82, 2.24) is 10.3 Å². The zero-order valence-electron chi connectivity index (χ0n) is 12.2. The van der Waals surface area contributed by atoms with E-state index in [1.807, 2.05) is 12.1 Å². The molecule has 2 rings (SSSR count). The summed E-state index contributed by atoms with van der Waals surface area (Å²) in [6, 6.07) is 9.27. The molecule has 0 aliphatic heterocycles. The Balaban J connectivity index is 1.95. The number of benzene rings is 1. The Morgan fingerprint density at radius 1 is 1.10 bits per heavy atom. The van der Waals surface area contributed by atoms with E-state index in [2.05, 4.69) is 10.3 Å². The van der Waals surface area contributed by atoms with Gasteiger partial charge >= 0.3 is 0 Å². The second-order valence-corrected chi connectivity index (χ2v) is 4.65. The van der Waals surface area contributed by atoms with Gasteiger partial charge in [0, 0.05) is 31.5 Å². The number of aliphatic hydroxyl groups excluding tert-OH is 1. The van der Waals surface area contributed by atoms with Gasteiger partial charge in [0.1, 0.15) is 11.5 Å². The minimum Gasteiger partial charge on any atom is -0.497 e. The molecule has 2 aromatic rings. The van der Waals surface area contributed by atoms with Crippen molar-refractivity contribution in [3.63, 3.8) is 0 Å². The molecule has 5 nitrogen and oxygen atoms in total. The SMILES string of the molecule is COc1cc(OC)cc(C(O)CNCc2ccncc2)c1. The van der Waals surface area contributed by atoms with Crippen molar-refractivity contribution in [1.29, 1.82) is 0 Å². The number of aromatic nitrogens is 1. The van der Waals surface area contributed by atoms with Gasteiger partial charge in [0.15, 0.2) is 0 Å². The molecular formula is C16H20N2O3. The van der Waals surface area contributed by atoms with E-state index >= 15 is 0 Å². The van der Waals surface area contributed by atoms with Crippen LogP contribution in [-0.2, 0) is 6.54 Å². The summed E-state index contributed by atoms with van der Waals surface area (Å²) in [4.78, 5) is 3.97. The summed E-state index contributed by atoms with van der Waals surface area (Å²) in [5.74, 6) is 1.33. The van der Waals surface area contributed by atoms with Crippen LogP contribution < -0.4 is 14.8 Å². The molecule has 1 aromatic carbocycles. The molecule has 0 fully saturated rings. The summed E-state index contributed by atoms with van der Waals surface area (Å²) < 4.78 is 10.4. The number of pyridine rings is 1. The molecule has 0 amide bonds. The van der Waals surface area contributed by atoms with Gasteiger partial charge in [0.2, 0.25) is 0 Å². The number of hydrogen-bond acceptors (Lipinski definition) is 5. The topological polar surface area (TPSA) is 63.6 Å². The van der Waals surface area contributed by atoms with Crippen LogP contribution in [0.2, 0.25) is 0 Å². The smallest absolute Gasteiger partial charge is 0.122 e. The molecule has 5 heteroatoms. The third kappa shape index (κ3) is 4.44. The molecule has 0 saturated heterocycles. The highest BCUT2D eigenvalue weighted by molar-refractivity contribution is 5.39. The highest BCUT2D eigenvalue weighted by Gasteiger charge is 2.10. The van der Waals surface area contributed by atoms with Gasteiger partial charge in [-0.3, -0.25) is 4.98 Å². The maximum atomic E-state index is 10.3. The van der Waals surface area contributed by atoms with Crippen LogP contribution in [0.1, 0.15) is 17.2 Å². The van der Waals surface area contributed by atoms with Crippen molar-refractivity contribution in [3.05, 3.63) is 53.9 Å². The van der Waals surface area contributed by atoms with E-state index in [-0.39, 0.29) is 0 Å². The van der Waals surface area contributed by atoms with Gasteiger partial charge < -0.3 is 19.9 Å². The average Bonchev–Trinajstić information content (AvgIpc) is 2.55. The number of ether oxygens (including phenoxy) is 2. The summed E-state index contributed by atoms with van der Waals surface area (Å²) >= 11 is 0. The maximum Gasteiger partial charge on any atom is 0.122 e. The molecule has 0 aliphatic carbocycles. The maximum absolute atomic E-state index is 10.3. The lowest BCUT2D eigenvalue weighted by Crippen LogP contribution is -2.21. The lowest BCUT2D eigenvalue weighted by atomic mass is 10.1. The van der Waals surface area contributed by atoms with Crippen LogP contribution in [0.25, 0.3) is 0 Å². The highest BCUT2D eigenvalue weighted by atomic mass is 16.5. The zero-order valence-corrected chi connectivity index (χ0v) is 12.2. The lowest BCUT2D eigenvalue weighted by molar-refractivity contribution is 0.173. The largest absolute Gasteiger partial charge is 0.497 e. The van der Waals surface area contributed by atoms with Crippen molar-refractivity contribution < 1.29 is 14.6 Å². The minimum atomic E-state index is -0.629. The van der Waals surface area contributed by atoms with Gasteiger partial charge in [-0.05, 0) is 35.4 Å². The molecule has 0 bridgehead atoms. The van der Waals surface area contributed by atoms with E-state index < -0.39 is 6.10 Å². The second-order valence-electron chi connectivity index (χ2n) is 4.65. The predicted molar refractivity (Wildman–Crippen MR) is 80.4 cm³/mol. The Hall–Kier alpha value is -2.11. The van der Waals surface area contributed by atoms with E-state index in [0.29, 0.717) is 24.6 Å². The molecule has 0 spiro atoms. The van der Waals surface area contributed by atoms with Gasteiger partial charge in [-0.25, -0.2) is 0 Å². The van der Waals surface area contributed by atoms with E-state index in [1.54, 1.807) is 44.8 Å². The summed E-state index contributed by atoms with van der Waals surface area (Å²) in [5.41, 5.74) is 1.88. The molecular weight excluding hydrogens is 268 g/mol. The van der Waals surface area contributed by atoms with Gasteiger partial charge in [-0.15, -0.1) is 0 Å². The lowest BCUT2D eigenvalue weighted by Gasteiger charge is -2.14. The van der Waals surface area contributed by atoms with Crippen molar-refractivity contribution >= 4 is 0 Å². The van der Waals surface area contributed by atoms with E-state index in [4.69, 9.17) is 9.47 Å². The molecule has 0 saturated carbocycles. The van der Waals surface area contributed by atoms with E-state index in [0.717, 1.165) is 11.1 Å². The normalized spacial score (nSPS) is 12.0. The van der Waals surface area contributed by atoms with Gasteiger partial charge in [0.25, 0.3) is 0 Å². The first-order chi connectivity index (χ1) is 10.2. The Labute approximate surface area is 124 Å². The standard InChI is InChI=1S/C16H20N2O3/c1-20-14-7-13(8-15(9-14)21-2)16(19)11-18-10-12-3-5-17-6-4-12/h3-9,16,18-19H,10-11H2,1-2H3. The van der Waals surface area contributed by atoms with Crippen molar-refractivity contribution in [2.75, 3.05) is 20.8 Å². The third-order valence-electron chi connectivity index (χ3n) is 3.17. The Bertz CT molecular complexity index is 538. The number of hydrogen-bond donors (Lipinski definition) is 2. The van der Waals surface area contributed by atoms with E-state index in [9.17, 15) is 5.11 Å². The number of methoxy groups -OCH3 is 2. The first-order valence-corrected chi connectivity index (χ1v) is 6.73. The molecule has 112 valence electrons. The zero-order chi connectivity index (χ0) is 15.1. The average molecular weight is 288 g/mol. The van der Waals surface area contributed by atoms with Crippen LogP contribution in [0.5, 0.6) is 11.5 Å². The van der Waals surface area contributed by atoms with Crippen LogP contribution >= 0.6 is 0 Å². The molecule has 1 unspecified atom stereocenters. The summed E-state index contributed by atoms with van der Waals surface area (Å²) in [6.45, 7) is 1.12. The molecule has 1 aromatic heterocycles. The second kappa shape index (κ2) is 7.61. The van der Waals surface area contributed by atoms with E-state index in [1.165, 1.54) is 0 Å². The van der Waals surface area contributed by atoms with Crippen molar-refractivity contribution in [2.45, 2.75) is 12.6 Å². The van der Waals surface area contributed by atoms with Gasteiger partial charge in [0.05, 0.1) is 20.3 Å². The fraction of sp³-hybridized carbons (Fsp3) is 0.312. The van der Waals surface area contributed by atoms with Crippen LogP contribution in [0.3, 0.4) is 0 Å². The van der Waals surface area contributed by atoms with Crippen molar-refractivity contribution in [2.24, 2.45) is 0 Å². The van der Waals surface area contributed by atoms with Crippen molar-refractivity contribution in [3.8, 4) is 11.5 Å². The fourth-order valence-electron chi connectivity index (χ4n) is 1.99. The van der Waals surface area contributed by atoms with Gasteiger partial charge in [-0.1, -0.05) is 0 Å². The molecule has 1 heterocycles. The fourth-order valence-corrected chi connectivity index (χ4v) is 1.99. The number of nitrogens with one attached hydrogen (secondary N) is 1. The Kier molecular flexibility index (Phi) is 5.54. The Morgan fingerprint density at radius 2 is 1.71 bits per heavy atom. The monoisotopic (exact) mass is 288 g/mol. The molecule has 21 heavy (non-hydrogen) atoms.